The number of aromatic amines is 2. The van der Waals surface area contributed by atoms with Crippen molar-refractivity contribution in [1.29, 1.82) is 0 Å². The number of Topliss-reactive ketones (excluding diaryl/α,β-unsaturated/α-hetero) is 2. The number of hydrogen-bond acceptors (Lipinski definition) is 10. The van der Waals surface area contributed by atoms with Crippen molar-refractivity contribution in [2.75, 3.05) is 36.8 Å². The van der Waals surface area contributed by atoms with Crippen LogP contribution in [0.4, 0.5) is 11.4 Å². The smallest absolute Gasteiger partial charge is 0.272 e. The number of aromatic hydroxyl groups is 2. The molecule has 0 unspecified atom stereocenters. The zero-order chi connectivity index (χ0) is 43.9. The van der Waals surface area contributed by atoms with Crippen molar-refractivity contribution in [3.8, 4) is 11.5 Å². The highest BCUT2D eigenvalue weighted by Crippen LogP contribution is 2.31. The Morgan fingerprint density at radius 1 is 0.586 bits per heavy atom. The Morgan fingerprint density at radius 2 is 0.897 bits per heavy atom. The average Bonchev–Trinajstić information content (AvgIpc) is 3.70. The zero-order valence-electron chi connectivity index (χ0n) is 34.6. The van der Waals surface area contributed by atoms with Crippen LogP contribution in [0.2, 0.25) is 0 Å². The van der Waals surface area contributed by atoms with E-state index >= 15 is 0 Å². The van der Waals surface area contributed by atoms with E-state index in [9.17, 15) is 46.2 Å². The Hall–Kier alpha value is -5.30. The van der Waals surface area contributed by atoms with Gasteiger partial charge in [0.1, 0.15) is 22.9 Å². The molecule has 6 N–H and O–H groups in total. The lowest BCUT2D eigenvalue weighted by Gasteiger charge is -2.19. The molecule has 16 nitrogen and oxygen atoms in total. The highest BCUT2D eigenvalue weighted by atomic mass is 32.2. The Bertz CT molecular complexity index is 2240. The lowest BCUT2D eigenvalue weighted by molar-refractivity contribution is 0.100. The Morgan fingerprint density at radius 3 is 1.16 bits per heavy atom. The van der Waals surface area contributed by atoms with Gasteiger partial charge in [-0.25, -0.2) is 16.8 Å². The topological polar surface area (TPSA) is 239 Å². The summed E-state index contributed by atoms with van der Waals surface area (Å²) in [6, 6.07) is 7.51. The van der Waals surface area contributed by atoms with Gasteiger partial charge in [-0.1, -0.05) is 41.5 Å². The van der Waals surface area contributed by atoms with Crippen LogP contribution < -0.4 is 10.6 Å². The normalized spacial score (nSPS) is 11.7. The molecule has 2 aromatic heterocycles. The monoisotopic (exact) mass is 842 g/mol. The molecule has 4 rings (SSSR count). The summed E-state index contributed by atoms with van der Waals surface area (Å²) >= 11 is 0. The predicted octanol–water partition coefficient (Wildman–Crippen LogP) is 6.15. The molecule has 0 saturated heterocycles. The van der Waals surface area contributed by atoms with Gasteiger partial charge in [0.15, 0.2) is 11.6 Å². The number of benzene rings is 2. The van der Waals surface area contributed by atoms with E-state index in [1.54, 1.807) is 41.5 Å². The molecular weight excluding hydrogens is 789 g/mol. The molecule has 2 amide bonds. The van der Waals surface area contributed by atoms with Crippen molar-refractivity contribution < 1.29 is 46.2 Å². The van der Waals surface area contributed by atoms with Gasteiger partial charge in [-0.15, -0.1) is 0 Å². The molecule has 0 radical (unpaired) electrons. The summed E-state index contributed by atoms with van der Waals surface area (Å²) in [6.07, 6.45) is 0.925. The van der Waals surface area contributed by atoms with Crippen LogP contribution in [0.5, 0.6) is 11.5 Å². The number of nitrogens with zero attached hydrogens (tertiary/aromatic N) is 2. The molecule has 0 spiro atoms. The quantitative estimate of drug-likeness (QED) is 0.0555. The Balaban J connectivity index is 0.000000310. The number of H-pyrrole nitrogens is 2. The highest BCUT2D eigenvalue weighted by Gasteiger charge is 2.27. The van der Waals surface area contributed by atoms with Gasteiger partial charge in [0.25, 0.3) is 11.8 Å². The number of amides is 2. The largest absolute Gasteiger partial charge is 0.506 e. The third kappa shape index (κ3) is 9.86. The number of nitrogens with one attached hydrogen (secondary N) is 4. The fourth-order valence-electron chi connectivity index (χ4n) is 6.75. The third-order valence-corrected chi connectivity index (χ3v) is 13.7. The molecule has 2 heterocycles. The molecule has 0 fully saturated rings. The summed E-state index contributed by atoms with van der Waals surface area (Å²) in [7, 11) is -7.50. The fraction of sp³-hybridized carbons (Fsp3) is 0.400. The maximum absolute atomic E-state index is 12.8. The first-order valence-corrected chi connectivity index (χ1v) is 21.8. The van der Waals surface area contributed by atoms with Crippen LogP contribution in [0.15, 0.2) is 46.2 Å². The first-order valence-electron chi connectivity index (χ1n) is 18.9. The van der Waals surface area contributed by atoms with E-state index in [0.29, 0.717) is 72.7 Å². The zero-order valence-corrected chi connectivity index (χ0v) is 36.2. The van der Waals surface area contributed by atoms with Crippen LogP contribution in [-0.4, -0.2) is 95.2 Å². The van der Waals surface area contributed by atoms with Crippen molar-refractivity contribution in [3.05, 3.63) is 81.4 Å². The minimum atomic E-state index is -3.75. The number of carbonyl (C=O) groups excluding carboxylic acids is 4. The molecule has 0 atom stereocenters. The molecule has 0 bridgehead atoms. The van der Waals surface area contributed by atoms with Crippen LogP contribution in [0.3, 0.4) is 0 Å². The van der Waals surface area contributed by atoms with Gasteiger partial charge in [-0.2, -0.15) is 8.61 Å². The minimum absolute atomic E-state index is 0.0260. The van der Waals surface area contributed by atoms with Gasteiger partial charge < -0.3 is 30.8 Å². The van der Waals surface area contributed by atoms with Gasteiger partial charge in [0, 0.05) is 48.7 Å². The number of aryl methyl sites for hydroxylation is 2. The van der Waals surface area contributed by atoms with Crippen LogP contribution in [0, 0.1) is 13.8 Å². The molecular formula is C40H54N6O10S2. The highest BCUT2D eigenvalue weighted by molar-refractivity contribution is 7.89. The second-order valence-corrected chi connectivity index (χ2v) is 17.1. The van der Waals surface area contributed by atoms with Crippen LogP contribution in [0.25, 0.3) is 0 Å². The van der Waals surface area contributed by atoms with Crippen molar-refractivity contribution in [3.63, 3.8) is 0 Å². The number of aromatic nitrogens is 2. The van der Waals surface area contributed by atoms with E-state index in [4.69, 9.17) is 0 Å². The van der Waals surface area contributed by atoms with Crippen LogP contribution >= 0.6 is 0 Å². The SMILES string of the molecule is CCc1c(C(=O)Nc2cc(S(=O)(=O)N(CC)CC)ccc2O)[nH]c(C)c1C(C)=O.CCc1c(C(=O)Nc2cc(S(=O)(=O)N(CC)CC)ccc2O)[nH]c(C)c1C(C)=O. The summed E-state index contributed by atoms with van der Waals surface area (Å²) in [6.45, 7) is 18.1. The molecule has 2 aromatic carbocycles. The fourth-order valence-corrected chi connectivity index (χ4v) is 9.72. The molecule has 58 heavy (non-hydrogen) atoms. The number of ketones is 2. The van der Waals surface area contributed by atoms with E-state index in [1.807, 2.05) is 13.8 Å². The van der Waals surface area contributed by atoms with E-state index in [0.717, 1.165) is 0 Å². The van der Waals surface area contributed by atoms with E-state index < -0.39 is 31.9 Å². The molecule has 0 aliphatic rings. The number of anilines is 2. The lowest BCUT2D eigenvalue weighted by Crippen LogP contribution is -2.30. The number of phenols is 2. The minimum Gasteiger partial charge on any atom is -0.506 e. The lowest BCUT2D eigenvalue weighted by atomic mass is 10.0. The molecule has 0 saturated carbocycles. The molecule has 0 aliphatic carbocycles. The first kappa shape index (κ1) is 47.1. The average molecular weight is 843 g/mol. The number of rotatable bonds is 16. The van der Waals surface area contributed by atoms with Crippen molar-refractivity contribution in [2.45, 2.75) is 91.9 Å². The summed E-state index contributed by atoms with van der Waals surface area (Å²) < 4.78 is 53.5. The number of phenolic OH excluding ortho intramolecular Hbond substituents is 2. The summed E-state index contributed by atoms with van der Waals surface area (Å²) in [5.74, 6) is -1.94. The maximum Gasteiger partial charge on any atom is 0.272 e. The van der Waals surface area contributed by atoms with Gasteiger partial charge in [-0.05, 0) is 88.1 Å². The van der Waals surface area contributed by atoms with Gasteiger partial charge in [0.05, 0.1) is 21.2 Å². The molecule has 18 heteroatoms. The maximum atomic E-state index is 12.8. The summed E-state index contributed by atoms with van der Waals surface area (Å²) in [5, 5.41) is 25.4. The van der Waals surface area contributed by atoms with Crippen LogP contribution in [-0.2, 0) is 32.9 Å². The Kier molecular flexibility index (Phi) is 15.8. The van der Waals surface area contributed by atoms with E-state index in [2.05, 4.69) is 20.6 Å². The predicted molar refractivity (Wildman–Crippen MR) is 222 cm³/mol. The molecule has 316 valence electrons. The van der Waals surface area contributed by atoms with Gasteiger partial charge in [-0.3, -0.25) is 19.2 Å². The molecule has 0 aliphatic heterocycles. The molecule has 4 aromatic rings. The second kappa shape index (κ2) is 19.4. The Labute approximate surface area is 340 Å². The first-order chi connectivity index (χ1) is 27.2. The summed E-state index contributed by atoms with van der Waals surface area (Å²) in [5.41, 5.74) is 3.66. The van der Waals surface area contributed by atoms with Crippen LogP contribution in [0.1, 0.15) is 120 Å². The number of sulfonamides is 2. The third-order valence-electron chi connectivity index (χ3n) is 9.57. The van der Waals surface area contributed by atoms with E-state index in [1.165, 1.54) is 58.9 Å². The van der Waals surface area contributed by atoms with Crippen molar-refractivity contribution >= 4 is 54.8 Å². The van der Waals surface area contributed by atoms with Crippen molar-refractivity contribution in [2.24, 2.45) is 0 Å². The van der Waals surface area contributed by atoms with Gasteiger partial charge >= 0.3 is 0 Å². The second-order valence-electron chi connectivity index (χ2n) is 13.2. The van der Waals surface area contributed by atoms with Crippen molar-refractivity contribution in [1.82, 2.24) is 18.6 Å². The standard InChI is InChI=1S/2C20H27N3O5S/c2*1-6-15-18(13(5)24)12(4)21-19(15)20(26)22-16-11-14(9-10-17(16)25)29(27,28)23(7-2)8-3/h2*9-11,21,25H,6-8H2,1-5H3,(H,22,26). The number of carbonyl (C=O) groups is 4. The summed E-state index contributed by atoms with van der Waals surface area (Å²) in [4.78, 5) is 55.2. The van der Waals surface area contributed by atoms with E-state index in [-0.39, 0.29) is 55.6 Å². The number of hydrogen-bond donors (Lipinski definition) is 6. The van der Waals surface area contributed by atoms with Gasteiger partial charge in [0.2, 0.25) is 20.0 Å².